The fourth-order valence-electron chi connectivity index (χ4n) is 13.1. The lowest BCUT2D eigenvalue weighted by atomic mass is 9.70. The lowest BCUT2D eigenvalue weighted by Crippen LogP contribution is -2.26. The van der Waals surface area contributed by atoms with Crippen LogP contribution in [0.1, 0.15) is 22.3 Å². The minimum Gasteiger partial charge on any atom is -0.310 e. The average Bonchev–Trinajstić information content (AvgIpc) is 3.21. The molecule has 2 aromatic heterocycles. The van der Waals surface area contributed by atoms with Crippen LogP contribution < -0.4 is 9.80 Å². The molecule has 0 bridgehead atoms. The van der Waals surface area contributed by atoms with Crippen molar-refractivity contribution < 1.29 is 0 Å². The zero-order valence-corrected chi connectivity index (χ0v) is 44.1. The smallest absolute Gasteiger partial charge is 0.145 e. The van der Waals surface area contributed by atoms with Crippen molar-refractivity contribution in [1.29, 1.82) is 0 Å². The predicted octanol–water partition coefficient (Wildman–Crippen LogP) is 19.0. The molecular weight excluding hydrogens is 985 g/mol. The number of hydrogen-bond acceptors (Lipinski definition) is 4. The first-order valence-electron chi connectivity index (χ1n) is 27.6. The van der Waals surface area contributed by atoms with Crippen LogP contribution >= 0.6 is 0 Å². The summed E-state index contributed by atoms with van der Waals surface area (Å²) in [7, 11) is 0. The SMILES string of the molecule is c1ccc(N(c2ccc(-c3nc4ccccc4n3-c3ccccc3)cc2)c2ccc3c(c2)C2(c4ccccc4-c4ccccc42)c2cc(N(c4ccccc4)c4ccc(-c5nc6ccccc6n5-c5ccccc5)cc4)ccc2-3)cc1. The van der Waals surface area contributed by atoms with E-state index in [1.165, 1.54) is 44.5 Å². The van der Waals surface area contributed by atoms with E-state index in [4.69, 9.17) is 9.97 Å². The largest absolute Gasteiger partial charge is 0.310 e. The second-order valence-electron chi connectivity index (χ2n) is 20.9. The topological polar surface area (TPSA) is 42.1 Å². The highest BCUT2D eigenvalue weighted by molar-refractivity contribution is 5.98. The molecule has 0 saturated carbocycles. The third kappa shape index (κ3) is 7.27. The standard InChI is InChI=1S/C75H50N6/c1-5-21-53(22-6-1)78(57-41-37-51(38-42-57)73-76-69-33-17-19-35-71(69)80(73)55-25-9-3-10-26-55)59-45-47-63-64-48-46-60(50-68(64)75(67(63)49-59)65-31-15-13-29-61(65)62-30-14-16-32-66(62)75)79(54-23-7-2-8-24-54)58-43-39-52(40-44-58)74-77-70-34-18-20-36-72(70)81(74)56-27-11-4-12-28-56/h1-50H. The predicted molar refractivity (Wildman–Crippen MR) is 332 cm³/mol. The fourth-order valence-corrected chi connectivity index (χ4v) is 13.1. The molecule has 0 radical (unpaired) electrons. The minimum absolute atomic E-state index is 0.630. The summed E-state index contributed by atoms with van der Waals surface area (Å²) in [6.07, 6.45) is 0. The number of anilines is 6. The number of hydrogen-bond donors (Lipinski definition) is 0. The summed E-state index contributed by atoms with van der Waals surface area (Å²) in [5.41, 5.74) is 24.1. The van der Waals surface area contributed by atoms with E-state index in [1.807, 2.05) is 0 Å². The van der Waals surface area contributed by atoms with E-state index in [1.54, 1.807) is 0 Å². The first-order valence-corrected chi connectivity index (χ1v) is 27.6. The second kappa shape index (κ2) is 18.7. The Bertz CT molecular complexity index is 4380. The Morgan fingerprint density at radius 3 is 1.00 bits per heavy atom. The molecule has 1 spiro atoms. The molecule has 2 heterocycles. The molecule has 0 amide bonds. The van der Waals surface area contributed by atoms with Crippen molar-refractivity contribution in [3.63, 3.8) is 0 Å². The van der Waals surface area contributed by atoms with E-state index in [2.05, 4.69) is 322 Å². The summed E-state index contributed by atoms with van der Waals surface area (Å²) in [5, 5.41) is 0. The van der Waals surface area contributed by atoms with Crippen LogP contribution in [0.15, 0.2) is 303 Å². The van der Waals surface area contributed by atoms with Gasteiger partial charge in [-0.3, -0.25) is 9.13 Å². The zero-order valence-electron chi connectivity index (χ0n) is 44.1. The third-order valence-electron chi connectivity index (χ3n) is 16.5. The van der Waals surface area contributed by atoms with Gasteiger partial charge in [-0.25, -0.2) is 9.97 Å². The zero-order chi connectivity index (χ0) is 53.4. The van der Waals surface area contributed by atoms with Gasteiger partial charge in [-0.2, -0.15) is 0 Å². The van der Waals surface area contributed by atoms with Crippen molar-refractivity contribution in [3.8, 4) is 56.4 Å². The molecule has 0 N–H and O–H groups in total. The second-order valence-corrected chi connectivity index (χ2v) is 20.9. The molecule has 0 saturated heterocycles. The van der Waals surface area contributed by atoms with Crippen LogP contribution in [0, 0.1) is 0 Å². The average molecular weight is 1040 g/mol. The van der Waals surface area contributed by atoms with Crippen LogP contribution in [0.25, 0.3) is 78.5 Å². The van der Waals surface area contributed by atoms with Crippen LogP contribution in [0.2, 0.25) is 0 Å². The summed E-state index contributed by atoms with van der Waals surface area (Å²) in [4.78, 5) is 15.2. The number of imidazole rings is 2. The Morgan fingerprint density at radius 1 is 0.259 bits per heavy atom. The van der Waals surface area contributed by atoms with Gasteiger partial charge in [-0.1, -0.05) is 158 Å². The molecule has 81 heavy (non-hydrogen) atoms. The lowest BCUT2D eigenvalue weighted by Gasteiger charge is -2.33. The molecule has 0 atom stereocenters. The maximum atomic E-state index is 5.22. The van der Waals surface area contributed by atoms with Gasteiger partial charge in [-0.15, -0.1) is 0 Å². The molecule has 2 aliphatic carbocycles. The Morgan fingerprint density at radius 2 is 0.580 bits per heavy atom. The maximum Gasteiger partial charge on any atom is 0.145 e. The van der Waals surface area contributed by atoms with Gasteiger partial charge in [0.05, 0.1) is 27.5 Å². The van der Waals surface area contributed by atoms with Crippen molar-refractivity contribution in [1.82, 2.24) is 19.1 Å². The van der Waals surface area contributed by atoms with Crippen LogP contribution in [0.3, 0.4) is 0 Å². The van der Waals surface area contributed by atoms with E-state index in [0.29, 0.717) is 0 Å². The highest BCUT2D eigenvalue weighted by Gasteiger charge is 2.52. The van der Waals surface area contributed by atoms with Crippen LogP contribution in [-0.2, 0) is 5.41 Å². The van der Waals surface area contributed by atoms with Gasteiger partial charge in [0.1, 0.15) is 11.6 Å². The Hall–Kier alpha value is -10.8. The monoisotopic (exact) mass is 1030 g/mol. The molecule has 12 aromatic carbocycles. The van der Waals surface area contributed by atoms with Crippen molar-refractivity contribution in [3.05, 3.63) is 326 Å². The molecule has 2 aliphatic rings. The van der Waals surface area contributed by atoms with Crippen LogP contribution in [-0.4, -0.2) is 19.1 Å². The molecule has 6 heteroatoms. The summed E-state index contributed by atoms with van der Waals surface area (Å²) >= 11 is 0. The van der Waals surface area contributed by atoms with Gasteiger partial charge < -0.3 is 9.80 Å². The Labute approximate surface area is 470 Å². The number of fused-ring (bicyclic) bond motifs is 12. The van der Waals surface area contributed by atoms with Crippen molar-refractivity contribution in [2.24, 2.45) is 0 Å². The molecule has 0 fully saturated rings. The molecule has 380 valence electrons. The van der Waals surface area contributed by atoms with E-state index in [0.717, 1.165) is 90.3 Å². The van der Waals surface area contributed by atoms with Crippen molar-refractivity contribution >= 4 is 56.2 Å². The molecule has 14 aromatic rings. The highest BCUT2D eigenvalue weighted by Crippen LogP contribution is 2.64. The van der Waals surface area contributed by atoms with Gasteiger partial charge in [0.2, 0.25) is 0 Å². The van der Waals surface area contributed by atoms with E-state index in [9.17, 15) is 0 Å². The van der Waals surface area contributed by atoms with E-state index in [-0.39, 0.29) is 0 Å². The van der Waals surface area contributed by atoms with E-state index >= 15 is 0 Å². The molecule has 0 unspecified atom stereocenters. The molecular formula is C75H50N6. The summed E-state index contributed by atoms with van der Waals surface area (Å²) in [6, 6.07) is 110. The van der Waals surface area contributed by atoms with Crippen LogP contribution in [0.5, 0.6) is 0 Å². The highest BCUT2D eigenvalue weighted by atomic mass is 15.2. The Balaban J connectivity index is 0.848. The number of benzene rings is 12. The summed E-state index contributed by atoms with van der Waals surface area (Å²) in [5.74, 6) is 1.80. The number of nitrogens with zero attached hydrogens (tertiary/aromatic N) is 6. The first-order chi connectivity index (χ1) is 40.2. The third-order valence-corrected chi connectivity index (χ3v) is 16.5. The maximum absolute atomic E-state index is 5.22. The molecule has 6 nitrogen and oxygen atoms in total. The first kappa shape index (κ1) is 46.3. The summed E-state index contributed by atoms with van der Waals surface area (Å²) in [6.45, 7) is 0. The fraction of sp³-hybridized carbons (Fsp3) is 0.0133. The Kier molecular flexibility index (Phi) is 10.7. The van der Waals surface area contributed by atoms with Gasteiger partial charge in [0, 0.05) is 56.6 Å². The summed E-state index contributed by atoms with van der Waals surface area (Å²) < 4.78 is 4.53. The van der Waals surface area contributed by atoms with Crippen LogP contribution in [0.4, 0.5) is 34.1 Å². The molecule has 16 rings (SSSR count). The number of para-hydroxylation sites is 8. The molecule has 0 aliphatic heterocycles. The van der Waals surface area contributed by atoms with Gasteiger partial charge in [0.25, 0.3) is 0 Å². The van der Waals surface area contributed by atoms with Crippen molar-refractivity contribution in [2.75, 3.05) is 9.80 Å². The quantitative estimate of drug-likeness (QED) is 0.137. The van der Waals surface area contributed by atoms with Crippen molar-refractivity contribution in [2.45, 2.75) is 5.41 Å². The lowest BCUT2D eigenvalue weighted by molar-refractivity contribution is 0.793. The van der Waals surface area contributed by atoms with Gasteiger partial charge in [0.15, 0.2) is 0 Å². The number of rotatable bonds is 10. The van der Waals surface area contributed by atoms with E-state index < -0.39 is 5.41 Å². The van der Waals surface area contributed by atoms with Gasteiger partial charge in [-0.05, 0) is 190 Å². The number of aromatic nitrogens is 4. The van der Waals surface area contributed by atoms with Gasteiger partial charge >= 0.3 is 0 Å². The normalized spacial score (nSPS) is 12.5. The minimum atomic E-state index is -0.630.